The molecule has 106 valence electrons. The number of nitrogens with one attached hydrogen (secondary N) is 2. The van der Waals surface area contributed by atoms with E-state index in [0.717, 1.165) is 11.3 Å². The van der Waals surface area contributed by atoms with Crippen LogP contribution in [-0.4, -0.2) is 25.6 Å². The van der Waals surface area contributed by atoms with Gasteiger partial charge in [0.05, 0.1) is 13.7 Å². The molecule has 0 aliphatic carbocycles. The fourth-order valence-electron chi connectivity index (χ4n) is 1.92. The lowest BCUT2D eigenvalue weighted by Crippen LogP contribution is -2.38. The van der Waals surface area contributed by atoms with Gasteiger partial charge < -0.3 is 15.4 Å². The predicted molar refractivity (Wildman–Crippen MR) is 77.4 cm³/mol. The van der Waals surface area contributed by atoms with E-state index < -0.39 is 0 Å². The molecule has 1 aromatic rings. The van der Waals surface area contributed by atoms with Crippen molar-refractivity contribution in [2.24, 2.45) is 0 Å². The summed E-state index contributed by atoms with van der Waals surface area (Å²) in [5.41, 5.74) is 2.25. The van der Waals surface area contributed by atoms with Gasteiger partial charge in [-0.3, -0.25) is 4.79 Å². The zero-order valence-corrected chi connectivity index (χ0v) is 12.4. The van der Waals surface area contributed by atoms with E-state index in [1.165, 1.54) is 5.56 Å². The second-order valence-corrected chi connectivity index (χ2v) is 5.07. The Morgan fingerprint density at radius 1 is 1.32 bits per heavy atom. The molecular formula is C15H24N2O2. The average Bonchev–Trinajstić information content (AvgIpc) is 2.35. The van der Waals surface area contributed by atoms with Crippen molar-refractivity contribution in [3.8, 4) is 5.75 Å². The molecule has 0 heterocycles. The number of hydrogen-bond acceptors (Lipinski definition) is 3. The van der Waals surface area contributed by atoms with Crippen molar-refractivity contribution >= 4 is 5.91 Å². The summed E-state index contributed by atoms with van der Waals surface area (Å²) in [5.74, 6) is 0.850. The SMILES string of the molecule is COc1ccc(C)cc1C(C)NCC(=O)NC(C)C. The Labute approximate surface area is 115 Å². The molecule has 19 heavy (non-hydrogen) atoms. The minimum absolute atomic E-state index is 0.00784. The third-order valence-electron chi connectivity index (χ3n) is 2.87. The number of amides is 1. The largest absolute Gasteiger partial charge is 0.496 e. The van der Waals surface area contributed by atoms with Crippen molar-refractivity contribution in [2.45, 2.75) is 39.8 Å². The van der Waals surface area contributed by atoms with Gasteiger partial charge >= 0.3 is 0 Å². The number of benzene rings is 1. The van der Waals surface area contributed by atoms with Crippen LogP contribution in [0.1, 0.15) is 37.9 Å². The van der Waals surface area contributed by atoms with E-state index in [4.69, 9.17) is 4.74 Å². The predicted octanol–water partition coefficient (Wildman–Crippen LogP) is 2.18. The van der Waals surface area contributed by atoms with Crippen molar-refractivity contribution < 1.29 is 9.53 Å². The van der Waals surface area contributed by atoms with Crippen molar-refractivity contribution in [1.82, 2.24) is 10.6 Å². The summed E-state index contributed by atoms with van der Waals surface area (Å²) >= 11 is 0. The fourth-order valence-corrected chi connectivity index (χ4v) is 1.92. The Balaban J connectivity index is 2.65. The molecule has 1 amide bonds. The van der Waals surface area contributed by atoms with Crippen molar-refractivity contribution in [1.29, 1.82) is 0 Å². The van der Waals surface area contributed by atoms with E-state index in [9.17, 15) is 4.79 Å². The first kappa shape index (κ1) is 15.5. The Morgan fingerprint density at radius 2 is 2.00 bits per heavy atom. The second-order valence-electron chi connectivity index (χ2n) is 5.07. The topological polar surface area (TPSA) is 50.4 Å². The van der Waals surface area contributed by atoms with Crippen LogP contribution in [0, 0.1) is 6.92 Å². The van der Waals surface area contributed by atoms with Gasteiger partial charge in [-0.15, -0.1) is 0 Å². The van der Waals surface area contributed by atoms with Crippen LogP contribution in [0.2, 0.25) is 0 Å². The smallest absolute Gasteiger partial charge is 0.234 e. The fraction of sp³-hybridized carbons (Fsp3) is 0.533. The first-order chi connectivity index (χ1) is 8.93. The highest BCUT2D eigenvalue weighted by molar-refractivity contribution is 5.78. The van der Waals surface area contributed by atoms with Crippen molar-refractivity contribution in [2.75, 3.05) is 13.7 Å². The number of carbonyl (C=O) groups is 1. The molecule has 0 spiro atoms. The van der Waals surface area contributed by atoms with Gasteiger partial charge in [0.2, 0.25) is 5.91 Å². The normalized spacial score (nSPS) is 12.3. The molecular weight excluding hydrogens is 240 g/mol. The highest BCUT2D eigenvalue weighted by Crippen LogP contribution is 2.25. The van der Waals surface area contributed by atoms with E-state index >= 15 is 0 Å². The number of aryl methyl sites for hydroxylation is 1. The second kappa shape index (κ2) is 7.14. The Kier molecular flexibility index (Phi) is 5.83. The van der Waals surface area contributed by atoms with Gasteiger partial charge in [0.25, 0.3) is 0 Å². The lowest BCUT2D eigenvalue weighted by molar-refractivity contribution is -0.120. The summed E-state index contributed by atoms with van der Waals surface area (Å²) in [6, 6.07) is 6.28. The first-order valence-electron chi connectivity index (χ1n) is 6.61. The van der Waals surface area contributed by atoms with Crippen LogP contribution < -0.4 is 15.4 Å². The zero-order valence-electron chi connectivity index (χ0n) is 12.4. The van der Waals surface area contributed by atoms with E-state index in [2.05, 4.69) is 16.7 Å². The molecule has 0 aromatic heterocycles. The molecule has 0 radical (unpaired) electrons. The van der Waals surface area contributed by atoms with Crippen LogP contribution in [-0.2, 0) is 4.79 Å². The van der Waals surface area contributed by atoms with Crippen LogP contribution in [0.25, 0.3) is 0 Å². The molecule has 4 heteroatoms. The summed E-state index contributed by atoms with van der Waals surface area (Å²) in [6.45, 7) is 8.27. The van der Waals surface area contributed by atoms with Crippen LogP contribution in [0.15, 0.2) is 18.2 Å². The van der Waals surface area contributed by atoms with E-state index in [-0.39, 0.29) is 18.0 Å². The van der Waals surface area contributed by atoms with Gasteiger partial charge in [0, 0.05) is 17.6 Å². The first-order valence-corrected chi connectivity index (χ1v) is 6.61. The summed E-state index contributed by atoms with van der Waals surface area (Å²) < 4.78 is 5.35. The zero-order chi connectivity index (χ0) is 14.4. The average molecular weight is 264 g/mol. The Bertz CT molecular complexity index is 430. The highest BCUT2D eigenvalue weighted by Gasteiger charge is 2.12. The number of methoxy groups -OCH3 is 1. The van der Waals surface area contributed by atoms with Gasteiger partial charge in [-0.05, 0) is 33.8 Å². The van der Waals surface area contributed by atoms with Crippen LogP contribution >= 0.6 is 0 Å². The molecule has 1 aromatic carbocycles. The van der Waals surface area contributed by atoms with Crippen LogP contribution in [0.3, 0.4) is 0 Å². The molecule has 1 atom stereocenters. The molecule has 0 fully saturated rings. The van der Waals surface area contributed by atoms with Gasteiger partial charge in [-0.25, -0.2) is 0 Å². The Morgan fingerprint density at radius 3 is 2.58 bits per heavy atom. The highest BCUT2D eigenvalue weighted by atomic mass is 16.5. The monoisotopic (exact) mass is 264 g/mol. The summed E-state index contributed by atoms with van der Waals surface area (Å²) in [5, 5.41) is 6.07. The van der Waals surface area contributed by atoms with Gasteiger partial charge in [0.1, 0.15) is 5.75 Å². The standard InChI is InChI=1S/C15H24N2O2/c1-10(2)17-15(18)9-16-12(4)13-8-11(3)6-7-14(13)19-5/h6-8,10,12,16H,9H2,1-5H3,(H,17,18). The molecule has 0 bridgehead atoms. The lowest BCUT2D eigenvalue weighted by atomic mass is 10.0. The quantitative estimate of drug-likeness (QED) is 0.828. The minimum Gasteiger partial charge on any atom is -0.496 e. The molecule has 0 aliphatic heterocycles. The van der Waals surface area contributed by atoms with Gasteiger partial charge in [-0.2, -0.15) is 0 Å². The summed E-state index contributed by atoms with van der Waals surface area (Å²) in [7, 11) is 1.66. The summed E-state index contributed by atoms with van der Waals surface area (Å²) in [6.07, 6.45) is 0. The van der Waals surface area contributed by atoms with E-state index in [1.54, 1.807) is 7.11 Å². The molecule has 4 nitrogen and oxygen atoms in total. The molecule has 1 rings (SSSR count). The van der Waals surface area contributed by atoms with Crippen LogP contribution in [0.5, 0.6) is 5.75 Å². The molecule has 1 unspecified atom stereocenters. The molecule has 0 saturated carbocycles. The molecule has 0 aliphatic rings. The maximum Gasteiger partial charge on any atom is 0.234 e. The van der Waals surface area contributed by atoms with Crippen molar-refractivity contribution in [3.05, 3.63) is 29.3 Å². The van der Waals surface area contributed by atoms with E-state index in [1.807, 2.05) is 39.8 Å². The maximum absolute atomic E-state index is 11.6. The van der Waals surface area contributed by atoms with Gasteiger partial charge in [-0.1, -0.05) is 17.7 Å². The summed E-state index contributed by atoms with van der Waals surface area (Å²) in [4.78, 5) is 11.6. The number of carbonyl (C=O) groups excluding carboxylic acids is 1. The van der Waals surface area contributed by atoms with Crippen LogP contribution in [0.4, 0.5) is 0 Å². The number of rotatable bonds is 6. The Hall–Kier alpha value is -1.55. The maximum atomic E-state index is 11.6. The molecule has 2 N–H and O–H groups in total. The number of hydrogen-bond donors (Lipinski definition) is 2. The minimum atomic E-state index is 0.00784. The number of ether oxygens (including phenoxy) is 1. The lowest BCUT2D eigenvalue weighted by Gasteiger charge is -2.18. The van der Waals surface area contributed by atoms with Gasteiger partial charge in [0.15, 0.2) is 0 Å². The third-order valence-corrected chi connectivity index (χ3v) is 2.87. The van der Waals surface area contributed by atoms with E-state index in [0.29, 0.717) is 6.54 Å². The third kappa shape index (κ3) is 4.91. The molecule has 0 saturated heterocycles. The van der Waals surface area contributed by atoms with Crippen molar-refractivity contribution in [3.63, 3.8) is 0 Å².